The highest BCUT2D eigenvalue weighted by molar-refractivity contribution is 7.09. The van der Waals surface area contributed by atoms with Gasteiger partial charge in [0.25, 0.3) is 0 Å². The summed E-state index contributed by atoms with van der Waals surface area (Å²) in [6.45, 7) is 9.15. The van der Waals surface area contributed by atoms with Crippen molar-refractivity contribution in [3.05, 3.63) is 16.1 Å². The summed E-state index contributed by atoms with van der Waals surface area (Å²) in [5, 5.41) is 6.47. The van der Waals surface area contributed by atoms with Crippen LogP contribution in [0.25, 0.3) is 0 Å². The molecule has 2 aliphatic rings. The van der Waals surface area contributed by atoms with E-state index in [0.29, 0.717) is 24.8 Å². The minimum atomic E-state index is 0.187. The Balaban J connectivity index is 1.30. The number of likely N-dealkylation sites (tertiary alicyclic amines) is 1. The van der Waals surface area contributed by atoms with Crippen LogP contribution in [0.1, 0.15) is 69.0 Å². The van der Waals surface area contributed by atoms with Gasteiger partial charge in [0.15, 0.2) is 0 Å². The Kier molecular flexibility index (Phi) is 7.46. The van der Waals surface area contributed by atoms with E-state index >= 15 is 0 Å². The second kappa shape index (κ2) is 9.81. The molecule has 0 unspecified atom stereocenters. The van der Waals surface area contributed by atoms with Gasteiger partial charge >= 0.3 is 0 Å². The van der Waals surface area contributed by atoms with Crippen LogP contribution in [0.3, 0.4) is 0 Å². The number of nitrogens with zero attached hydrogens (tertiary/aromatic N) is 2. The third-order valence-electron chi connectivity index (χ3n) is 5.56. The lowest BCUT2D eigenvalue weighted by Gasteiger charge is -2.31. The van der Waals surface area contributed by atoms with E-state index < -0.39 is 0 Å². The molecule has 0 saturated carbocycles. The smallest absolute Gasteiger partial charge is 0.220 e. The molecule has 3 rings (SSSR count). The van der Waals surface area contributed by atoms with Crippen molar-refractivity contribution in [2.75, 3.05) is 26.2 Å². The number of hydrogen-bond acceptors (Lipinski definition) is 5. The highest BCUT2D eigenvalue weighted by Crippen LogP contribution is 2.25. The predicted octanol–water partition coefficient (Wildman–Crippen LogP) is 3.55. The Morgan fingerprint density at radius 1 is 1.38 bits per heavy atom. The molecule has 2 saturated heterocycles. The molecular formula is C20H33N3O2S. The fourth-order valence-electron chi connectivity index (χ4n) is 3.74. The first kappa shape index (κ1) is 19.8. The van der Waals surface area contributed by atoms with Gasteiger partial charge in [0.05, 0.1) is 18.3 Å². The van der Waals surface area contributed by atoms with E-state index in [-0.39, 0.29) is 12.0 Å². The number of carbonyl (C=O) groups excluding carboxylic acids is 1. The Labute approximate surface area is 161 Å². The maximum atomic E-state index is 12.0. The highest BCUT2D eigenvalue weighted by Gasteiger charge is 2.21. The van der Waals surface area contributed by atoms with E-state index in [0.717, 1.165) is 45.5 Å². The number of thiazole rings is 1. The Bertz CT molecular complexity index is 561. The van der Waals surface area contributed by atoms with Gasteiger partial charge in [-0.2, -0.15) is 0 Å². The topological polar surface area (TPSA) is 54.5 Å². The van der Waals surface area contributed by atoms with Crippen LogP contribution < -0.4 is 5.32 Å². The highest BCUT2D eigenvalue weighted by atomic mass is 32.1. The lowest BCUT2D eigenvalue weighted by molar-refractivity contribution is -0.122. The van der Waals surface area contributed by atoms with E-state index in [9.17, 15) is 4.79 Å². The summed E-state index contributed by atoms with van der Waals surface area (Å²) in [4.78, 5) is 19.3. The van der Waals surface area contributed by atoms with E-state index in [2.05, 4.69) is 29.4 Å². The van der Waals surface area contributed by atoms with Crippen LogP contribution in [0.2, 0.25) is 0 Å². The Morgan fingerprint density at radius 3 is 2.85 bits per heavy atom. The first-order valence-corrected chi connectivity index (χ1v) is 11.0. The Morgan fingerprint density at radius 2 is 2.19 bits per heavy atom. The van der Waals surface area contributed by atoms with E-state index in [1.54, 1.807) is 11.3 Å². The molecule has 3 heterocycles. The molecule has 1 aromatic heterocycles. The minimum Gasteiger partial charge on any atom is -0.376 e. The van der Waals surface area contributed by atoms with Crippen molar-refractivity contribution in [2.45, 2.75) is 70.9 Å². The molecule has 146 valence electrons. The molecule has 2 fully saturated rings. The van der Waals surface area contributed by atoms with Crippen molar-refractivity contribution >= 4 is 17.2 Å². The number of rotatable bonds is 8. The third-order valence-corrected chi connectivity index (χ3v) is 6.41. The van der Waals surface area contributed by atoms with Gasteiger partial charge in [0, 0.05) is 25.0 Å². The van der Waals surface area contributed by atoms with Gasteiger partial charge in [0.2, 0.25) is 5.91 Å². The molecule has 0 spiro atoms. The first-order valence-electron chi connectivity index (χ1n) is 10.1. The van der Waals surface area contributed by atoms with Crippen molar-refractivity contribution in [1.29, 1.82) is 0 Å². The number of piperidine rings is 1. The summed E-state index contributed by atoms with van der Waals surface area (Å²) in [5.41, 5.74) is 1.22. The lowest BCUT2D eigenvalue weighted by atomic mass is 9.92. The average molecular weight is 380 g/mol. The van der Waals surface area contributed by atoms with Gasteiger partial charge in [-0.3, -0.25) is 9.69 Å². The summed E-state index contributed by atoms with van der Waals surface area (Å²) >= 11 is 1.79. The average Bonchev–Trinajstić information content (AvgIpc) is 3.31. The fourth-order valence-corrected chi connectivity index (χ4v) is 4.74. The molecule has 2 aliphatic heterocycles. The van der Waals surface area contributed by atoms with Crippen molar-refractivity contribution in [2.24, 2.45) is 5.92 Å². The summed E-state index contributed by atoms with van der Waals surface area (Å²) in [7, 11) is 0. The van der Waals surface area contributed by atoms with Crippen LogP contribution in [-0.2, 0) is 16.1 Å². The summed E-state index contributed by atoms with van der Waals surface area (Å²) in [6.07, 6.45) is 6.50. The van der Waals surface area contributed by atoms with Crippen LogP contribution in [0.4, 0.5) is 0 Å². The molecule has 26 heavy (non-hydrogen) atoms. The summed E-state index contributed by atoms with van der Waals surface area (Å²) in [5.74, 6) is 1.38. The zero-order chi connectivity index (χ0) is 18.4. The number of aromatic nitrogens is 1. The van der Waals surface area contributed by atoms with Gasteiger partial charge in [0.1, 0.15) is 5.01 Å². The summed E-state index contributed by atoms with van der Waals surface area (Å²) < 4.78 is 5.55. The van der Waals surface area contributed by atoms with Gasteiger partial charge in [-0.05, 0) is 57.0 Å². The zero-order valence-electron chi connectivity index (χ0n) is 16.2. The molecule has 6 heteroatoms. The normalized spacial score (nSPS) is 22.2. The molecule has 0 radical (unpaired) electrons. The van der Waals surface area contributed by atoms with E-state index in [1.165, 1.54) is 23.5 Å². The second-order valence-electron chi connectivity index (χ2n) is 8.02. The molecular weight excluding hydrogens is 346 g/mol. The van der Waals surface area contributed by atoms with E-state index in [4.69, 9.17) is 9.72 Å². The van der Waals surface area contributed by atoms with Crippen molar-refractivity contribution in [1.82, 2.24) is 15.2 Å². The standard InChI is InChI=1S/C20H33N3O2S/c1-15(2)18-14-26-20(22-18)13-23-9-7-16(8-10-23)5-6-19(24)21-12-17-4-3-11-25-17/h14-17H,3-13H2,1-2H3,(H,21,24)/t17-/m0/s1. The lowest BCUT2D eigenvalue weighted by Crippen LogP contribution is -2.34. The monoisotopic (exact) mass is 379 g/mol. The quantitative estimate of drug-likeness (QED) is 0.750. The van der Waals surface area contributed by atoms with Crippen LogP contribution in [0.15, 0.2) is 5.38 Å². The summed E-state index contributed by atoms with van der Waals surface area (Å²) in [6, 6.07) is 0. The minimum absolute atomic E-state index is 0.187. The molecule has 1 amide bonds. The maximum Gasteiger partial charge on any atom is 0.220 e. The Hall–Kier alpha value is -0.980. The number of ether oxygens (including phenoxy) is 1. The molecule has 1 aromatic rings. The first-order chi connectivity index (χ1) is 12.6. The van der Waals surface area contributed by atoms with Crippen molar-refractivity contribution in [3.8, 4) is 0 Å². The van der Waals surface area contributed by atoms with Crippen molar-refractivity contribution in [3.63, 3.8) is 0 Å². The molecule has 5 nitrogen and oxygen atoms in total. The third kappa shape index (κ3) is 6.03. The molecule has 0 aliphatic carbocycles. The van der Waals surface area contributed by atoms with Crippen molar-refractivity contribution < 1.29 is 9.53 Å². The second-order valence-corrected chi connectivity index (χ2v) is 8.96. The van der Waals surface area contributed by atoms with E-state index in [1.807, 2.05) is 0 Å². The van der Waals surface area contributed by atoms with Gasteiger partial charge in [-0.15, -0.1) is 11.3 Å². The number of nitrogens with one attached hydrogen (secondary N) is 1. The number of hydrogen-bond donors (Lipinski definition) is 1. The molecule has 1 N–H and O–H groups in total. The van der Waals surface area contributed by atoms with Crippen LogP contribution in [-0.4, -0.2) is 48.1 Å². The number of amides is 1. The predicted molar refractivity (Wildman–Crippen MR) is 105 cm³/mol. The van der Waals surface area contributed by atoms with Crippen LogP contribution in [0.5, 0.6) is 0 Å². The fraction of sp³-hybridized carbons (Fsp3) is 0.800. The molecule has 1 atom stereocenters. The zero-order valence-corrected chi connectivity index (χ0v) is 17.0. The van der Waals surface area contributed by atoms with Crippen LogP contribution in [0, 0.1) is 5.92 Å². The molecule has 0 aromatic carbocycles. The van der Waals surface area contributed by atoms with Gasteiger partial charge in [-0.25, -0.2) is 4.98 Å². The van der Waals surface area contributed by atoms with Gasteiger partial charge < -0.3 is 10.1 Å². The molecule has 0 bridgehead atoms. The van der Waals surface area contributed by atoms with Gasteiger partial charge in [-0.1, -0.05) is 13.8 Å². The maximum absolute atomic E-state index is 12.0. The number of carbonyl (C=O) groups is 1. The van der Waals surface area contributed by atoms with Crippen LogP contribution >= 0.6 is 11.3 Å². The SMILES string of the molecule is CC(C)c1csc(CN2CCC(CCC(=O)NC[C@@H]3CCCO3)CC2)n1. The largest absolute Gasteiger partial charge is 0.376 e.